The van der Waals surface area contributed by atoms with Crippen molar-refractivity contribution in [2.45, 2.75) is 6.43 Å². The third kappa shape index (κ3) is 3.19. The molecule has 0 saturated carbocycles. The number of alkyl halides is 2. The highest BCUT2D eigenvalue weighted by Crippen LogP contribution is 2.22. The van der Waals surface area contributed by atoms with E-state index in [0.29, 0.717) is 18.9 Å². The molecule has 3 heterocycles. The van der Waals surface area contributed by atoms with E-state index in [1.807, 2.05) is 29.2 Å². The van der Waals surface area contributed by atoms with Crippen LogP contribution in [0.1, 0.15) is 12.1 Å². The highest BCUT2D eigenvalue weighted by molar-refractivity contribution is 5.75. The van der Waals surface area contributed by atoms with E-state index in [9.17, 15) is 8.78 Å². The van der Waals surface area contributed by atoms with Gasteiger partial charge in [-0.25, -0.2) is 23.7 Å². The minimum atomic E-state index is -2.59. The fourth-order valence-corrected chi connectivity index (χ4v) is 2.92. The molecule has 128 valence electrons. The van der Waals surface area contributed by atoms with Crippen molar-refractivity contribution in [1.29, 1.82) is 0 Å². The van der Waals surface area contributed by atoms with Gasteiger partial charge in [0.15, 0.2) is 0 Å². The zero-order chi connectivity index (χ0) is 17.2. The number of rotatable bonds is 3. The average molecular weight is 342 g/mol. The van der Waals surface area contributed by atoms with Gasteiger partial charge in [0, 0.05) is 32.2 Å². The molecule has 0 spiro atoms. The van der Waals surface area contributed by atoms with Crippen molar-refractivity contribution >= 4 is 22.7 Å². The summed E-state index contributed by atoms with van der Waals surface area (Å²) in [6.45, 7) is 2.80. The Morgan fingerprint density at radius 3 is 2.24 bits per heavy atom. The maximum absolute atomic E-state index is 12.8. The van der Waals surface area contributed by atoms with Gasteiger partial charge in [-0.3, -0.25) is 4.98 Å². The zero-order valence-corrected chi connectivity index (χ0v) is 13.4. The van der Waals surface area contributed by atoms with Crippen LogP contribution >= 0.6 is 0 Å². The number of nitrogens with zero attached hydrogens (tertiary/aromatic N) is 6. The van der Waals surface area contributed by atoms with Gasteiger partial charge in [0.25, 0.3) is 6.43 Å². The maximum Gasteiger partial charge on any atom is 0.280 e. The number of aromatic nitrogens is 4. The molecular weight excluding hydrogens is 326 g/mol. The van der Waals surface area contributed by atoms with Crippen LogP contribution in [-0.4, -0.2) is 46.1 Å². The predicted molar refractivity (Wildman–Crippen MR) is 91.0 cm³/mol. The number of halogens is 2. The minimum absolute atomic E-state index is 0.243. The molecule has 3 aromatic rings. The van der Waals surface area contributed by atoms with Crippen LogP contribution in [0.4, 0.5) is 20.4 Å². The van der Waals surface area contributed by atoms with Crippen molar-refractivity contribution in [3.63, 3.8) is 0 Å². The summed E-state index contributed by atoms with van der Waals surface area (Å²) >= 11 is 0. The van der Waals surface area contributed by atoms with Crippen LogP contribution in [0.3, 0.4) is 0 Å². The Balaban J connectivity index is 1.48. The van der Waals surface area contributed by atoms with Crippen molar-refractivity contribution in [2.75, 3.05) is 36.0 Å². The largest absolute Gasteiger partial charge is 0.353 e. The fraction of sp³-hybridized carbons (Fsp3) is 0.294. The van der Waals surface area contributed by atoms with Crippen LogP contribution in [-0.2, 0) is 0 Å². The molecule has 2 aromatic heterocycles. The highest BCUT2D eigenvalue weighted by atomic mass is 19.3. The molecule has 1 fully saturated rings. The van der Waals surface area contributed by atoms with Crippen molar-refractivity contribution in [2.24, 2.45) is 0 Å². The van der Waals surface area contributed by atoms with Gasteiger partial charge < -0.3 is 9.80 Å². The van der Waals surface area contributed by atoms with Crippen molar-refractivity contribution in [3.8, 4) is 0 Å². The topological polar surface area (TPSA) is 58.0 Å². The number of fused-ring (bicyclic) bond motifs is 1. The van der Waals surface area contributed by atoms with E-state index < -0.39 is 6.43 Å². The molecule has 0 atom stereocenters. The summed E-state index contributed by atoms with van der Waals surface area (Å²) in [7, 11) is 0. The molecule has 0 amide bonds. The van der Waals surface area contributed by atoms with Gasteiger partial charge in [0.2, 0.25) is 0 Å². The molecule has 0 bridgehead atoms. The molecule has 0 unspecified atom stereocenters. The molecule has 1 aliphatic rings. The molecular formula is C17H16F2N6. The average Bonchev–Trinajstić information content (AvgIpc) is 2.68. The summed E-state index contributed by atoms with van der Waals surface area (Å²) in [5, 5.41) is 0. The predicted octanol–water partition coefficient (Wildman–Crippen LogP) is 2.68. The van der Waals surface area contributed by atoms with Crippen molar-refractivity contribution < 1.29 is 8.78 Å². The summed E-state index contributed by atoms with van der Waals surface area (Å²) in [4.78, 5) is 21.0. The normalized spacial score (nSPS) is 15.2. The molecule has 1 aliphatic heterocycles. The molecule has 0 aliphatic carbocycles. The molecule has 0 radical (unpaired) electrons. The lowest BCUT2D eigenvalue weighted by Crippen LogP contribution is -2.47. The van der Waals surface area contributed by atoms with Gasteiger partial charge in [-0.2, -0.15) is 0 Å². The lowest BCUT2D eigenvalue weighted by molar-refractivity contribution is 0.146. The van der Waals surface area contributed by atoms with Crippen molar-refractivity contribution in [1.82, 2.24) is 19.9 Å². The Morgan fingerprint density at radius 1 is 0.840 bits per heavy atom. The Hall–Kier alpha value is -2.90. The quantitative estimate of drug-likeness (QED) is 0.729. The van der Waals surface area contributed by atoms with Gasteiger partial charge in [0.1, 0.15) is 23.7 Å². The van der Waals surface area contributed by atoms with Gasteiger partial charge >= 0.3 is 0 Å². The minimum Gasteiger partial charge on any atom is -0.353 e. The van der Waals surface area contributed by atoms with Gasteiger partial charge in [-0.15, -0.1) is 0 Å². The number of benzene rings is 1. The second kappa shape index (κ2) is 6.54. The van der Waals surface area contributed by atoms with Crippen LogP contribution in [0, 0.1) is 0 Å². The summed E-state index contributed by atoms with van der Waals surface area (Å²) in [5.74, 6) is 1.36. The number of para-hydroxylation sites is 2. The summed E-state index contributed by atoms with van der Waals surface area (Å²) in [5.41, 5.74) is 1.48. The lowest BCUT2D eigenvalue weighted by Gasteiger charge is -2.36. The fourth-order valence-electron chi connectivity index (χ4n) is 2.92. The molecule has 0 N–H and O–H groups in total. The second-order valence-corrected chi connectivity index (χ2v) is 5.79. The lowest BCUT2D eigenvalue weighted by atomic mass is 10.2. The van der Waals surface area contributed by atoms with E-state index in [1.165, 1.54) is 12.4 Å². The molecule has 4 rings (SSSR count). The van der Waals surface area contributed by atoms with Gasteiger partial charge in [-0.05, 0) is 12.1 Å². The van der Waals surface area contributed by atoms with Crippen molar-refractivity contribution in [3.05, 3.63) is 48.5 Å². The highest BCUT2D eigenvalue weighted by Gasteiger charge is 2.21. The number of anilines is 2. The van der Waals surface area contributed by atoms with Gasteiger partial charge in [-0.1, -0.05) is 12.1 Å². The van der Waals surface area contributed by atoms with Crippen LogP contribution in [0.15, 0.2) is 42.9 Å². The summed E-state index contributed by atoms with van der Waals surface area (Å²) in [6, 6.07) is 9.10. The van der Waals surface area contributed by atoms with E-state index in [2.05, 4.69) is 24.8 Å². The molecule has 6 nitrogen and oxygen atoms in total. The van der Waals surface area contributed by atoms with E-state index in [0.717, 1.165) is 29.9 Å². The smallest absolute Gasteiger partial charge is 0.280 e. The second-order valence-electron chi connectivity index (χ2n) is 5.79. The molecule has 1 saturated heterocycles. The monoisotopic (exact) mass is 342 g/mol. The standard InChI is InChI=1S/C17H16F2N6/c18-17(19)14-9-15(22-11-21-14)24-5-7-25(8-6-24)16-10-20-12-3-1-2-4-13(12)23-16/h1-4,9-11,17H,5-8H2. The summed E-state index contributed by atoms with van der Waals surface area (Å²) < 4.78 is 25.6. The first-order chi connectivity index (χ1) is 12.2. The first kappa shape index (κ1) is 15.6. The Morgan fingerprint density at radius 2 is 1.52 bits per heavy atom. The Bertz CT molecular complexity index is 880. The molecule has 25 heavy (non-hydrogen) atoms. The van der Waals surface area contributed by atoms with E-state index >= 15 is 0 Å². The first-order valence-corrected chi connectivity index (χ1v) is 8.02. The van der Waals surface area contributed by atoms with E-state index in [1.54, 1.807) is 6.20 Å². The third-order valence-electron chi connectivity index (χ3n) is 4.26. The number of hydrogen-bond donors (Lipinski definition) is 0. The first-order valence-electron chi connectivity index (χ1n) is 8.02. The van der Waals surface area contributed by atoms with Crippen LogP contribution in [0.5, 0.6) is 0 Å². The van der Waals surface area contributed by atoms with Gasteiger partial charge in [0.05, 0.1) is 17.2 Å². The van der Waals surface area contributed by atoms with Crippen LogP contribution < -0.4 is 9.80 Å². The van der Waals surface area contributed by atoms with Crippen LogP contribution in [0.2, 0.25) is 0 Å². The number of hydrogen-bond acceptors (Lipinski definition) is 6. The SMILES string of the molecule is FC(F)c1cc(N2CCN(c3cnc4ccccc4n3)CC2)ncn1. The molecule has 8 heteroatoms. The summed E-state index contributed by atoms with van der Waals surface area (Å²) in [6.07, 6.45) is 0.381. The molecule has 1 aromatic carbocycles. The number of piperazine rings is 1. The Labute approximate surface area is 143 Å². The Kier molecular flexibility index (Phi) is 4.09. The maximum atomic E-state index is 12.8. The third-order valence-corrected chi connectivity index (χ3v) is 4.26. The van der Waals surface area contributed by atoms with E-state index in [-0.39, 0.29) is 5.69 Å². The van der Waals surface area contributed by atoms with Crippen LogP contribution in [0.25, 0.3) is 11.0 Å². The van der Waals surface area contributed by atoms with E-state index in [4.69, 9.17) is 0 Å². The zero-order valence-electron chi connectivity index (χ0n) is 13.4.